The lowest BCUT2D eigenvalue weighted by molar-refractivity contribution is 0.573. The second-order valence-electron chi connectivity index (χ2n) is 14.2. The van der Waals surface area contributed by atoms with Crippen LogP contribution in [0.1, 0.15) is 58.3 Å². The molecule has 0 aliphatic carbocycles. The summed E-state index contributed by atoms with van der Waals surface area (Å²) in [6, 6.07) is 60.1. The SMILES string of the molecule is CCCCCCCCCCS(=O)(=O)c1cc(-c2ccc(N(c3ccccc3)c3ccccc3)cc2)sc1-c1ccc(N(c2ccccc2)c2ccccc2)cc1. The smallest absolute Gasteiger partial charge is 0.179 e. The van der Waals surface area contributed by atoms with Crippen LogP contribution in [0.25, 0.3) is 20.9 Å². The Morgan fingerprint density at radius 3 is 1.20 bits per heavy atom. The molecule has 1 aromatic heterocycles. The Bertz CT molecular complexity index is 2270. The lowest BCUT2D eigenvalue weighted by Gasteiger charge is -2.25. The Kier molecular flexibility index (Phi) is 13.1. The maximum absolute atomic E-state index is 14.2. The first-order valence-corrected chi connectivity index (χ1v) is 22.4. The van der Waals surface area contributed by atoms with Crippen LogP contribution in [-0.4, -0.2) is 14.2 Å². The highest BCUT2D eigenvalue weighted by Crippen LogP contribution is 2.44. The molecular formula is C50H50N2O2S2. The van der Waals surface area contributed by atoms with Gasteiger partial charge in [-0.3, -0.25) is 0 Å². The summed E-state index contributed by atoms with van der Waals surface area (Å²) in [7, 11) is -3.54. The number of anilines is 6. The lowest BCUT2D eigenvalue weighted by Crippen LogP contribution is -2.09. The Labute approximate surface area is 337 Å². The van der Waals surface area contributed by atoms with E-state index in [-0.39, 0.29) is 5.75 Å². The minimum Gasteiger partial charge on any atom is -0.311 e. The van der Waals surface area contributed by atoms with E-state index in [1.807, 2.05) is 54.6 Å². The van der Waals surface area contributed by atoms with Crippen LogP contribution < -0.4 is 9.80 Å². The number of para-hydroxylation sites is 4. The van der Waals surface area contributed by atoms with Crippen LogP contribution in [0.5, 0.6) is 0 Å². The topological polar surface area (TPSA) is 40.6 Å². The van der Waals surface area contributed by atoms with Crippen LogP contribution in [0, 0.1) is 0 Å². The average molecular weight is 775 g/mol. The van der Waals surface area contributed by atoms with Gasteiger partial charge in [-0.1, -0.05) is 149 Å². The van der Waals surface area contributed by atoms with E-state index in [0.29, 0.717) is 11.3 Å². The van der Waals surface area contributed by atoms with Gasteiger partial charge in [-0.25, -0.2) is 8.42 Å². The van der Waals surface area contributed by atoms with Gasteiger partial charge in [0.25, 0.3) is 0 Å². The Hall–Kier alpha value is -5.43. The molecule has 0 bridgehead atoms. The van der Waals surface area contributed by atoms with Crippen molar-refractivity contribution in [2.24, 2.45) is 0 Å². The summed E-state index contributed by atoms with van der Waals surface area (Å²) in [4.78, 5) is 6.61. The number of unbranched alkanes of at least 4 members (excludes halogenated alkanes) is 7. The summed E-state index contributed by atoms with van der Waals surface area (Å²) in [5, 5.41) is 0. The van der Waals surface area contributed by atoms with E-state index in [1.54, 1.807) is 11.3 Å². The standard InChI is InChI=1S/C50H50N2O2S2/c1-2-3-4-5-6-7-8-21-38-56(53,54)49-39-48(40-30-34-46(35-31-40)51(42-22-13-9-14-23-42)43-24-15-10-16-25-43)55-50(49)41-32-36-47(37-33-41)52(44-26-17-11-18-27-44)45-28-19-12-20-29-45/h9-20,22-37,39H,2-8,21,38H2,1H3. The average Bonchev–Trinajstić information content (AvgIpc) is 3.71. The van der Waals surface area contributed by atoms with Gasteiger partial charge in [0.1, 0.15) is 0 Å². The molecule has 6 heteroatoms. The van der Waals surface area contributed by atoms with Crippen LogP contribution in [0.3, 0.4) is 0 Å². The van der Waals surface area contributed by atoms with E-state index in [4.69, 9.17) is 0 Å². The molecule has 7 aromatic rings. The van der Waals surface area contributed by atoms with Crippen LogP contribution in [0.15, 0.2) is 181 Å². The molecule has 0 saturated heterocycles. The number of hydrogen-bond acceptors (Lipinski definition) is 5. The molecule has 4 nitrogen and oxygen atoms in total. The summed E-state index contributed by atoms with van der Waals surface area (Å²) in [6.45, 7) is 2.23. The molecule has 0 atom stereocenters. The first kappa shape index (κ1) is 38.8. The van der Waals surface area contributed by atoms with E-state index < -0.39 is 9.84 Å². The van der Waals surface area contributed by atoms with Crippen molar-refractivity contribution in [2.75, 3.05) is 15.6 Å². The third-order valence-corrected chi connectivity index (χ3v) is 13.3. The zero-order valence-electron chi connectivity index (χ0n) is 32.1. The molecule has 0 N–H and O–H groups in total. The van der Waals surface area contributed by atoms with Gasteiger partial charge in [-0.15, -0.1) is 11.3 Å². The highest BCUT2D eigenvalue weighted by Gasteiger charge is 2.24. The third kappa shape index (κ3) is 9.50. The van der Waals surface area contributed by atoms with Crippen LogP contribution in [0.2, 0.25) is 0 Å². The van der Waals surface area contributed by atoms with Gasteiger partial charge in [0.2, 0.25) is 0 Å². The highest BCUT2D eigenvalue weighted by atomic mass is 32.2. The van der Waals surface area contributed by atoms with Gasteiger partial charge in [0.05, 0.1) is 15.5 Å². The normalized spacial score (nSPS) is 11.4. The molecule has 56 heavy (non-hydrogen) atoms. The fraction of sp³-hybridized carbons (Fsp3) is 0.200. The molecule has 0 unspecified atom stereocenters. The van der Waals surface area contributed by atoms with Crippen molar-refractivity contribution in [3.8, 4) is 20.9 Å². The van der Waals surface area contributed by atoms with Gasteiger partial charge >= 0.3 is 0 Å². The van der Waals surface area contributed by atoms with Crippen molar-refractivity contribution in [3.63, 3.8) is 0 Å². The minimum absolute atomic E-state index is 0.154. The van der Waals surface area contributed by atoms with E-state index in [0.717, 1.165) is 67.8 Å². The quantitative estimate of drug-likeness (QED) is 0.0814. The first-order valence-electron chi connectivity index (χ1n) is 19.9. The Morgan fingerprint density at radius 2 is 0.786 bits per heavy atom. The van der Waals surface area contributed by atoms with E-state index in [2.05, 4.69) is 138 Å². The number of nitrogens with zero attached hydrogens (tertiary/aromatic N) is 2. The number of benzene rings is 6. The van der Waals surface area contributed by atoms with E-state index in [9.17, 15) is 8.42 Å². The fourth-order valence-electron chi connectivity index (χ4n) is 7.22. The van der Waals surface area contributed by atoms with Gasteiger partial charge in [0, 0.05) is 39.0 Å². The Morgan fingerprint density at radius 1 is 0.429 bits per heavy atom. The first-order chi connectivity index (χ1) is 27.5. The highest BCUT2D eigenvalue weighted by molar-refractivity contribution is 7.91. The van der Waals surface area contributed by atoms with Crippen molar-refractivity contribution in [1.29, 1.82) is 0 Å². The molecule has 7 rings (SSSR count). The summed E-state index contributed by atoms with van der Waals surface area (Å²) in [5.74, 6) is 0.154. The number of hydrogen-bond donors (Lipinski definition) is 0. The molecule has 0 fully saturated rings. The van der Waals surface area contributed by atoms with Crippen LogP contribution in [-0.2, 0) is 9.84 Å². The van der Waals surface area contributed by atoms with Crippen molar-refractivity contribution in [2.45, 2.75) is 63.2 Å². The second kappa shape index (κ2) is 18.9. The van der Waals surface area contributed by atoms with Crippen molar-refractivity contribution in [1.82, 2.24) is 0 Å². The maximum atomic E-state index is 14.2. The minimum atomic E-state index is -3.54. The molecule has 0 aliphatic heterocycles. The molecule has 0 amide bonds. The molecule has 0 radical (unpaired) electrons. The summed E-state index contributed by atoms with van der Waals surface area (Å²) in [5.41, 5.74) is 8.18. The monoisotopic (exact) mass is 774 g/mol. The zero-order chi connectivity index (χ0) is 38.6. The van der Waals surface area contributed by atoms with Gasteiger partial charge in [0.15, 0.2) is 9.84 Å². The lowest BCUT2D eigenvalue weighted by atomic mass is 10.1. The summed E-state index contributed by atoms with van der Waals surface area (Å²) >= 11 is 1.56. The molecule has 284 valence electrons. The molecule has 0 aliphatic rings. The largest absolute Gasteiger partial charge is 0.311 e. The molecular weight excluding hydrogens is 725 g/mol. The van der Waals surface area contributed by atoms with Crippen LogP contribution >= 0.6 is 11.3 Å². The van der Waals surface area contributed by atoms with Crippen molar-refractivity contribution in [3.05, 3.63) is 176 Å². The molecule has 6 aromatic carbocycles. The molecule has 1 heterocycles. The predicted molar refractivity (Wildman–Crippen MR) is 239 cm³/mol. The third-order valence-electron chi connectivity index (χ3n) is 10.2. The van der Waals surface area contributed by atoms with Crippen molar-refractivity contribution < 1.29 is 8.42 Å². The van der Waals surface area contributed by atoms with Crippen molar-refractivity contribution >= 4 is 55.3 Å². The predicted octanol–water partition coefficient (Wildman–Crippen LogP) is 14.9. The van der Waals surface area contributed by atoms with Gasteiger partial charge in [-0.05, 0) is 96.4 Å². The van der Waals surface area contributed by atoms with Crippen LogP contribution in [0.4, 0.5) is 34.1 Å². The fourth-order valence-corrected chi connectivity index (χ4v) is 10.4. The summed E-state index contributed by atoms with van der Waals surface area (Å²) < 4.78 is 28.5. The Balaban J connectivity index is 1.21. The van der Waals surface area contributed by atoms with Gasteiger partial charge in [-0.2, -0.15) is 0 Å². The van der Waals surface area contributed by atoms with E-state index >= 15 is 0 Å². The second-order valence-corrected chi connectivity index (χ2v) is 17.3. The number of rotatable bonds is 18. The zero-order valence-corrected chi connectivity index (χ0v) is 33.8. The number of thiophene rings is 1. The van der Waals surface area contributed by atoms with E-state index in [1.165, 1.54) is 32.1 Å². The molecule has 0 saturated carbocycles. The maximum Gasteiger partial charge on any atom is 0.179 e. The number of sulfone groups is 1. The summed E-state index contributed by atoms with van der Waals surface area (Å²) in [6.07, 6.45) is 8.86. The molecule has 0 spiro atoms. The van der Waals surface area contributed by atoms with Gasteiger partial charge < -0.3 is 9.80 Å².